The molecular weight excluding hydrogens is 269 g/mol. The molecule has 1 aromatic rings. The number of rotatable bonds is 2. The topological polar surface area (TPSA) is 32.3 Å². The van der Waals surface area contributed by atoms with Crippen LogP contribution in [0.2, 0.25) is 0 Å². The summed E-state index contributed by atoms with van der Waals surface area (Å²) in [7, 11) is 1.82. The smallest absolute Gasteiger partial charge is 0.337 e. The Morgan fingerprint density at radius 1 is 1.40 bits per heavy atom. The summed E-state index contributed by atoms with van der Waals surface area (Å²) < 4.78 is 38.0. The highest BCUT2D eigenvalue weighted by Crippen LogP contribution is 2.29. The van der Waals surface area contributed by atoms with Crippen molar-refractivity contribution in [3.63, 3.8) is 0 Å². The molecule has 1 atom stereocenters. The molecule has 0 aliphatic carbocycles. The van der Waals surface area contributed by atoms with E-state index in [0.717, 1.165) is 25.0 Å². The van der Waals surface area contributed by atoms with Gasteiger partial charge in [0.2, 0.25) is 0 Å². The zero-order chi connectivity index (χ0) is 14.8. The lowest BCUT2D eigenvalue weighted by molar-refractivity contribution is -0.137. The third kappa shape index (κ3) is 3.30. The van der Waals surface area contributed by atoms with Gasteiger partial charge in [0.05, 0.1) is 5.56 Å². The van der Waals surface area contributed by atoms with Crippen LogP contribution in [-0.2, 0) is 6.18 Å². The van der Waals surface area contributed by atoms with Gasteiger partial charge in [-0.15, -0.1) is 0 Å². The van der Waals surface area contributed by atoms with Crippen molar-refractivity contribution in [3.05, 3.63) is 35.4 Å². The number of likely N-dealkylation sites (N-methyl/N-ethyl adjacent to an activating group) is 1. The molecule has 0 radical (unpaired) electrons. The second kappa shape index (κ2) is 5.83. The van der Waals surface area contributed by atoms with Gasteiger partial charge in [-0.05, 0) is 38.1 Å². The van der Waals surface area contributed by atoms with E-state index in [2.05, 4.69) is 5.32 Å². The number of carbonyl (C=O) groups is 1. The molecule has 6 heteroatoms. The Morgan fingerprint density at radius 3 is 2.80 bits per heavy atom. The van der Waals surface area contributed by atoms with Crippen molar-refractivity contribution < 1.29 is 18.0 Å². The van der Waals surface area contributed by atoms with Crippen LogP contribution < -0.4 is 5.32 Å². The van der Waals surface area contributed by atoms with Gasteiger partial charge in [-0.1, -0.05) is 6.07 Å². The summed E-state index contributed by atoms with van der Waals surface area (Å²) in [4.78, 5) is 13.9. The molecule has 2 rings (SSSR count). The summed E-state index contributed by atoms with van der Waals surface area (Å²) in [5.41, 5.74) is -0.692. The van der Waals surface area contributed by atoms with Crippen molar-refractivity contribution in [1.82, 2.24) is 10.2 Å². The van der Waals surface area contributed by atoms with E-state index >= 15 is 0 Å². The van der Waals surface area contributed by atoms with Gasteiger partial charge in [0.25, 0.3) is 5.91 Å². The molecule has 0 bridgehead atoms. The lowest BCUT2D eigenvalue weighted by atomic mass is 10.0. The summed E-state index contributed by atoms with van der Waals surface area (Å²) in [6.45, 7) is 1.12. The number of benzene rings is 1. The Hall–Kier alpha value is -1.56. The molecule has 1 unspecified atom stereocenters. The number of piperidine rings is 1. The van der Waals surface area contributed by atoms with Crippen molar-refractivity contribution in [2.45, 2.75) is 25.1 Å². The molecule has 3 nitrogen and oxygen atoms in total. The predicted molar refractivity (Wildman–Crippen MR) is 69.4 cm³/mol. The Morgan fingerprint density at radius 2 is 2.15 bits per heavy atom. The summed E-state index contributed by atoms with van der Waals surface area (Å²) in [5.74, 6) is -0.337. The normalized spacial score (nSPS) is 20.0. The van der Waals surface area contributed by atoms with Gasteiger partial charge in [0.15, 0.2) is 0 Å². The van der Waals surface area contributed by atoms with Gasteiger partial charge >= 0.3 is 6.18 Å². The third-order valence-electron chi connectivity index (χ3n) is 3.55. The summed E-state index contributed by atoms with van der Waals surface area (Å²) in [5, 5.41) is 3.10. The van der Waals surface area contributed by atoms with Crippen LogP contribution in [0.25, 0.3) is 0 Å². The Labute approximate surface area is 115 Å². The average molecular weight is 286 g/mol. The monoisotopic (exact) mass is 286 g/mol. The third-order valence-corrected chi connectivity index (χ3v) is 3.55. The lowest BCUT2D eigenvalue weighted by Gasteiger charge is -2.32. The van der Waals surface area contributed by atoms with Crippen molar-refractivity contribution in [3.8, 4) is 0 Å². The van der Waals surface area contributed by atoms with Gasteiger partial charge in [0.1, 0.15) is 0 Å². The lowest BCUT2D eigenvalue weighted by Crippen LogP contribution is -2.47. The largest absolute Gasteiger partial charge is 0.416 e. The van der Waals surface area contributed by atoms with Crippen molar-refractivity contribution in [2.24, 2.45) is 0 Å². The number of hydrogen-bond donors (Lipinski definition) is 1. The molecular formula is C14H17F3N2O. The van der Waals surface area contributed by atoms with Gasteiger partial charge in [0, 0.05) is 24.7 Å². The molecule has 0 spiro atoms. The second-order valence-corrected chi connectivity index (χ2v) is 4.96. The van der Waals surface area contributed by atoms with Gasteiger partial charge < -0.3 is 10.2 Å². The molecule has 1 aromatic carbocycles. The Kier molecular flexibility index (Phi) is 4.32. The fraction of sp³-hybridized carbons (Fsp3) is 0.500. The number of halogens is 3. The van der Waals surface area contributed by atoms with Crippen molar-refractivity contribution >= 4 is 5.91 Å². The molecule has 1 heterocycles. The minimum atomic E-state index is -4.42. The predicted octanol–water partition coefficient (Wildman–Crippen LogP) is 2.53. The van der Waals surface area contributed by atoms with E-state index in [0.29, 0.717) is 13.1 Å². The standard InChI is InChI=1S/C14H17F3N2O/c1-18-12-6-3-7-19(9-12)13(20)10-4-2-5-11(8-10)14(15,16)17/h2,4-5,8,12,18H,3,6-7,9H2,1H3. The molecule has 1 N–H and O–H groups in total. The highest BCUT2D eigenvalue weighted by molar-refractivity contribution is 5.94. The fourth-order valence-corrected chi connectivity index (χ4v) is 2.41. The minimum Gasteiger partial charge on any atom is -0.337 e. The van der Waals surface area contributed by atoms with Crippen LogP contribution in [0.5, 0.6) is 0 Å². The number of nitrogens with one attached hydrogen (secondary N) is 1. The summed E-state index contributed by atoms with van der Waals surface area (Å²) >= 11 is 0. The minimum absolute atomic E-state index is 0.0941. The average Bonchev–Trinajstić information content (AvgIpc) is 2.46. The highest BCUT2D eigenvalue weighted by atomic mass is 19.4. The van der Waals surface area contributed by atoms with E-state index in [1.165, 1.54) is 12.1 Å². The number of amides is 1. The Bertz CT molecular complexity index is 488. The van der Waals surface area contributed by atoms with Gasteiger partial charge in [-0.2, -0.15) is 13.2 Å². The van der Waals surface area contributed by atoms with Crippen LogP contribution in [0.4, 0.5) is 13.2 Å². The first-order valence-corrected chi connectivity index (χ1v) is 6.55. The highest BCUT2D eigenvalue weighted by Gasteiger charge is 2.31. The van der Waals surface area contributed by atoms with Crippen molar-refractivity contribution in [2.75, 3.05) is 20.1 Å². The maximum atomic E-state index is 12.7. The summed E-state index contributed by atoms with van der Waals surface area (Å²) in [6.07, 6.45) is -2.59. The maximum absolute atomic E-state index is 12.7. The van der Waals surface area contributed by atoms with Crippen LogP contribution >= 0.6 is 0 Å². The van der Waals surface area contributed by atoms with E-state index in [9.17, 15) is 18.0 Å². The molecule has 20 heavy (non-hydrogen) atoms. The number of likely N-dealkylation sites (tertiary alicyclic amines) is 1. The molecule has 1 aliphatic heterocycles. The van der Waals surface area contributed by atoms with Crippen LogP contribution in [-0.4, -0.2) is 37.0 Å². The number of carbonyl (C=O) groups excluding carboxylic acids is 1. The van der Waals surface area contributed by atoms with Crippen LogP contribution in [0.3, 0.4) is 0 Å². The first-order chi connectivity index (χ1) is 9.41. The molecule has 1 saturated heterocycles. The fourth-order valence-electron chi connectivity index (χ4n) is 2.41. The quantitative estimate of drug-likeness (QED) is 0.906. The van der Waals surface area contributed by atoms with Crippen molar-refractivity contribution in [1.29, 1.82) is 0 Å². The number of alkyl halides is 3. The second-order valence-electron chi connectivity index (χ2n) is 4.96. The first-order valence-electron chi connectivity index (χ1n) is 6.55. The van der Waals surface area contributed by atoms with E-state index in [1.807, 2.05) is 7.05 Å². The number of nitrogens with zero attached hydrogens (tertiary/aromatic N) is 1. The zero-order valence-electron chi connectivity index (χ0n) is 11.2. The van der Waals surface area contributed by atoms with E-state index in [1.54, 1.807) is 4.90 Å². The molecule has 1 fully saturated rings. The van der Waals surface area contributed by atoms with Gasteiger partial charge in [-0.3, -0.25) is 4.79 Å². The molecule has 0 aromatic heterocycles. The molecule has 110 valence electrons. The van der Waals surface area contributed by atoms with Crippen LogP contribution in [0.15, 0.2) is 24.3 Å². The SMILES string of the molecule is CNC1CCCN(C(=O)c2cccc(C(F)(F)F)c2)C1. The summed E-state index contributed by atoms with van der Waals surface area (Å²) in [6, 6.07) is 4.81. The van der Waals surface area contributed by atoms with Crippen LogP contribution in [0, 0.1) is 0 Å². The number of hydrogen-bond acceptors (Lipinski definition) is 2. The first kappa shape index (κ1) is 14.8. The van der Waals surface area contributed by atoms with Crippen LogP contribution in [0.1, 0.15) is 28.8 Å². The zero-order valence-corrected chi connectivity index (χ0v) is 11.2. The van der Waals surface area contributed by atoms with Gasteiger partial charge in [-0.25, -0.2) is 0 Å². The van der Waals surface area contributed by atoms with E-state index < -0.39 is 11.7 Å². The molecule has 1 aliphatic rings. The molecule has 0 saturated carbocycles. The van der Waals surface area contributed by atoms with E-state index in [4.69, 9.17) is 0 Å². The molecule has 1 amide bonds. The maximum Gasteiger partial charge on any atom is 0.416 e. The van der Waals surface area contributed by atoms with E-state index in [-0.39, 0.29) is 17.5 Å². The Balaban J connectivity index is 2.17.